The summed E-state index contributed by atoms with van der Waals surface area (Å²) in [6, 6.07) is 0. The third-order valence-electron chi connectivity index (χ3n) is 2.82. The number of rotatable bonds is 4. The highest BCUT2D eigenvalue weighted by molar-refractivity contribution is 6.86. The Bertz CT molecular complexity index is 164. The average Bonchev–Trinajstić information content (AvgIpc) is 2.15. The summed E-state index contributed by atoms with van der Waals surface area (Å²) in [5.41, 5.74) is 0.631. The van der Waals surface area contributed by atoms with E-state index in [0.717, 1.165) is 0 Å². The maximum absolute atomic E-state index is 11.4. The van der Waals surface area contributed by atoms with E-state index in [9.17, 15) is 4.79 Å². The van der Waals surface area contributed by atoms with Crippen molar-refractivity contribution in [2.24, 2.45) is 0 Å². The monoisotopic (exact) mass is 200 g/mol. The quantitative estimate of drug-likeness (QED) is 0.650. The Morgan fingerprint density at radius 3 is 2.46 bits per heavy atom. The molecule has 0 spiro atoms. The predicted octanol–water partition coefficient (Wildman–Crippen LogP) is 2.21. The highest BCUT2D eigenvalue weighted by atomic mass is 28.3. The molecule has 13 heavy (non-hydrogen) atoms. The highest BCUT2D eigenvalue weighted by Gasteiger charge is 2.29. The Labute approximate surface area is 82.4 Å². The van der Waals surface area contributed by atoms with Gasteiger partial charge in [0.1, 0.15) is 5.41 Å². The third kappa shape index (κ3) is 3.23. The van der Waals surface area contributed by atoms with Crippen LogP contribution in [0.15, 0.2) is 0 Å². The van der Waals surface area contributed by atoms with Gasteiger partial charge >= 0.3 is 0 Å². The summed E-state index contributed by atoms with van der Waals surface area (Å²) in [6.45, 7) is 4.42. The van der Waals surface area contributed by atoms with Crippen molar-refractivity contribution in [1.29, 1.82) is 0 Å². The highest BCUT2D eigenvalue weighted by Crippen LogP contribution is 2.31. The van der Waals surface area contributed by atoms with E-state index in [2.05, 4.69) is 0 Å². The van der Waals surface area contributed by atoms with Gasteiger partial charge in [0.25, 0.3) is 9.04 Å². The molecule has 0 aromatic rings. The van der Waals surface area contributed by atoms with Crippen LogP contribution in [0.25, 0.3) is 0 Å². The molecule has 0 heterocycles. The fourth-order valence-corrected chi connectivity index (χ4v) is 4.81. The summed E-state index contributed by atoms with van der Waals surface area (Å²) in [4.78, 5) is 11.4. The fraction of sp³-hybridized carbons (Fsp3) is 0.900. The van der Waals surface area contributed by atoms with Crippen molar-refractivity contribution in [2.75, 3.05) is 6.61 Å². The van der Waals surface area contributed by atoms with Gasteiger partial charge in [-0.15, -0.1) is 0 Å². The van der Waals surface area contributed by atoms with E-state index >= 15 is 0 Å². The van der Waals surface area contributed by atoms with Gasteiger partial charge in [0.2, 0.25) is 0 Å². The Hall–Kier alpha value is -0.153. The van der Waals surface area contributed by atoms with Crippen LogP contribution in [-0.4, -0.2) is 21.1 Å². The Morgan fingerprint density at radius 1 is 1.38 bits per heavy atom. The van der Waals surface area contributed by atoms with Gasteiger partial charge in [0.05, 0.1) is 0 Å². The molecule has 1 rings (SSSR count). The van der Waals surface area contributed by atoms with E-state index in [-0.39, 0.29) is 0 Å². The summed E-state index contributed by atoms with van der Waals surface area (Å²) in [5, 5.41) is 0.341. The number of hydrogen-bond donors (Lipinski definition) is 0. The lowest BCUT2D eigenvalue weighted by Gasteiger charge is -2.26. The maximum atomic E-state index is 11.4. The molecule has 1 unspecified atom stereocenters. The number of carbonyl (C=O) groups is 1. The molecule has 0 saturated heterocycles. The molecule has 0 amide bonds. The Balaban J connectivity index is 2.46. The first-order chi connectivity index (χ1) is 6.25. The molecule has 3 heteroatoms. The van der Waals surface area contributed by atoms with Crippen LogP contribution in [0.4, 0.5) is 0 Å². The molecule has 0 N–H and O–H groups in total. The SMILES string of the molecule is CCO[SiH](C(C)=O)C1CCCCC1. The Morgan fingerprint density at radius 2 is 2.00 bits per heavy atom. The van der Waals surface area contributed by atoms with Crippen LogP contribution in [0.2, 0.25) is 5.54 Å². The van der Waals surface area contributed by atoms with Gasteiger partial charge in [-0.3, -0.25) is 0 Å². The van der Waals surface area contributed by atoms with Crippen molar-refractivity contribution in [1.82, 2.24) is 0 Å². The average molecular weight is 200 g/mol. The summed E-state index contributed by atoms with van der Waals surface area (Å²) in [5.74, 6) is 0. The molecule has 0 radical (unpaired) electrons. The van der Waals surface area contributed by atoms with E-state index < -0.39 is 9.04 Å². The molecule has 2 nitrogen and oxygen atoms in total. The minimum absolute atomic E-state index is 0.341. The largest absolute Gasteiger partial charge is 0.412 e. The van der Waals surface area contributed by atoms with Crippen LogP contribution in [-0.2, 0) is 9.22 Å². The molecule has 0 bridgehead atoms. The van der Waals surface area contributed by atoms with Crippen molar-refractivity contribution in [3.05, 3.63) is 0 Å². The van der Waals surface area contributed by atoms with E-state index in [4.69, 9.17) is 4.43 Å². The van der Waals surface area contributed by atoms with Gasteiger partial charge in [-0.1, -0.05) is 32.1 Å². The van der Waals surface area contributed by atoms with Crippen LogP contribution in [0, 0.1) is 0 Å². The lowest BCUT2D eigenvalue weighted by molar-refractivity contribution is -0.111. The van der Waals surface area contributed by atoms with Crippen molar-refractivity contribution in [3.8, 4) is 0 Å². The zero-order valence-corrected chi connectivity index (χ0v) is 9.87. The fourth-order valence-electron chi connectivity index (χ4n) is 2.20. The summed E-state index contributed by atoms with van der Waals surface area (Å²) < 4.78 is 5.63. The summed E-state index contributed by atoms with van der Waals surface area (Å²) in [7, 11) is -1.53. The van der Waals surface area contributed by atoms with Crippen LogP contribution in [0.1, 0.15) is 46.0 Å². The molecular formula is C10H20O2Si. The summed E-state index contributed by atoms with van der Waals surface area (Å²) in [6.07, 6.45) is 6.41. The van der Waals surface area contributed by atoms with Crippen LogP contribution >= 0.6 is 0 Å². The summed E-state index contributed by atoms with van der Waals surface area (Å²) >= 11 is 0. The van der Waals surface area contributed by atoms with Crippen molar-refractivity contribution in [2.45, 2.75) is 51.5 Å². The number of carbonyl (C=O) groups excluding carboxylic acids is 1. The lowest BCUT2D eigenvalue weighted by Crippen LogP contribution is -2.34. The van der Waals surface area contributed by atoms with E-state index in [0.29, 0.717) is 17.6 Å². The minimum atomic E-state index is -1.53. The van der Waals surface area contributed by atoms with E-state index in [1.807, 2.05) is 6.92 Å². The minimum Gasteiger partial charge on any atom is -0.412 e. The molecule has 76 valence electrons. The molecule has 0 aromatic heterocycles. The van der Waals surface area contributed by atoms with Crippen molar-refractivity contribution in [3.63, 3.8) is 0 Å². The molecular weight excluding hydrogens is 180 g/mol. The molecule has 1 aliphatic rings. The Kier molecular flexibility index (Phi) is 4.66. The van der Waals surface area contributed by atoms with Crippen LogP contribution < -0.4 is 0 Å². The van der Waals surface area contributed by atoms with Crippen molar-refractivity contribution < 1.29 is 9.22 Å². The second-order valence-corrected chi connectivity index (χ2v) is 6.82. The lowest BCUT2D eigenvalue weighted by atomic mass is 10.0. The standard InChI is InChI=1S/C10H20O2Si/c1-3-12-13(9(2)11)10-7-5-4-6-8-10/h10,13H,3-8H2,1-2H3. The molecule has 1 aliphatic carbocycles. The van der Waals surface area contributed by atoms with E-state index in [1.54, 1.807) is 6.92 Å². The molecule has 0 aromatic carbocycles. The van der Waals surface area contributed by atoms with Gasteiger partial charge in [0, 0.05) is 6.61 Å². The molecule has 1 atom stereocenters. The first kappa shape index (κ1) is 10.9. The van der Waals surface area contributed by atoms with Crippen molar-refractivity contribution >= 4 is 14.4 Å². The smallest absolute Gasteiger partial charge is 0.251 e. The van der Waals surface area contributed by atoms with E-state index in [1.165, 1.54) is 32.1 Å². The molecule has 1 saturated carbocycles. The first-order valence-corrected chi connectivity index (χ1v) is 7.09. The zero-order valence-electron chi connectivity index (χ0n) is 8.71. The zero-order chi connectivity index (χ0) is 9.68. The predicted molar refractivity (Wildman–Crippen MR) is 56.3 cm³/mol. The van der Waals surface area contributed by atoms with Gasteiger partial charge in [-0.05, 0) is 19.4 Å². The van der Waals surface area contributed by atoms with Gasteiger partial charge in [-0.2, -0.15) is 0 Å². The topological polar surface area (TPSA) is 26.3 Å². The third-order valence-corrected chi connectivity index (χ3v) is 5.84. The van der Waals surface area contributed by atoms with Gasteiger partial charge < -0.3 is 9.22 Å². The normalized spacial score (nSPS) is 21.4. The second kappa shape index (κ2) is 5.55. The van der Waals surface area contributed by atoms with Gasteiger partial charge in [-0.25, -0.2) is 0 Å². The van der Waals surface area contributed by atoms with Gasteiger partial charge in [0.15, 0.2) is 0 Å². The first-order valence-electron chi connectivity index (χ1n) is 5.37. The molecule has 1 fully saturated rings. The van der Waals surface area contributed by atoms with Crippen LogP contribution in [0.5, 0.6) is 0 Å². The second-order valence-electron chi connectivity index (χ2n) is 3.88. The molecule has 0 aliphatic heterocycles. The maximum Gasteiger partial charge on any atom is 0.251 e. The van der Waals surface area contributed by atoms with Crippen LogP contribution in [0.3, 0.4) is 0 Å². The number of hydrogen-bond acceptors (Lipinski definition) is 2.